The summed E-state index contributed by atoms with van der Waals surface area (Å²) in [6, 6.07) is 7.74. The fourth-order valence-electron chi connectivity index (χ4n) is 2.44. The van der Waals surface area contributed by atoms with Crippen LogP contribution in [-0.2, 0) is 9.59 Å². The Hall–Kier alpha value is -2.24. The van der Waals surface area contributed by atoms with Crippen molar-refractivity contribution < 1.29 is 19.4 Å². The van der Waals surface area contributed by atoms with E-state index in [-0.39, 0.29) is 5.91 Å². The highest BCUT2D eigenvalue weighted by molar-refractivity contribution is 5.96. The average molecular weight is 292 g/mol. The molecule has 0 aliphatic carbocycles. The van der Waals surface area contributed by atoms with Gasteiger partial charge in [0.2, 0.25) is 5.91 Å². The Balaban J connectivity index is 2.00. The molecular formula is C15H20N2O4. The summed E-state index contributed by atoms with van der Waals surface area (Å²) in [5.74, 6) is -1.58. The largest absolute Gasteiger partial charge is 0.495 e. The zero-order valence-corrected chi connectivity index (χ0v) is 12.3. The lowest BCUT2D eigenvalue weighted by molar-refractivity contribution is -0.150. The lowest BCUT2D eigenvalue weighted by Crippen LogP contribution is -2.51. The Morgan fingerprint density at radius 3 is 2.38 bits per heavy atom. The molecule has 6 nitrogen and oxygen atoms in total. The molecule has 0 spiro atoms. The number of para-hydroxylation sites is 2. The van der Waals surface area contributed by atoms with Crippen LogP contribution in [0.5, 0.6) is 5.75 Å². The molecule has 1 atom stereocenters. The molecule has 114 valence electrons. The third-order valence-corrected chi connectivity index (χ3v) is 3.76. The first-order valence-corrected chi connectivity index (χ1v) is 6.94. The fourth-order valence-corrected chi connectivity index (χ4v) is 2.44. The fraction of sp³-hybridized carbons (Fsp3) is 0.467. The molecule has 1 fully saturated rings. The highest BCUT2D eigenvalue weighted by atomic mass is 16.5. The Morgan fingerprint density at radius 2 is 1.81 bits per heavy atom. The van der Waals surface area contributed by atoms with E-state index in [1.165, 1.54) is 6.92 Å². The van der Waals surface area contributed by atoms with E-state index in [1.54, 1.807) is 12.0 Å². The van der Waals surface area contributed by atoms with Crippen molar-refractivity contribution in [1.82, 2.24) is 4.90 Å². The summed E-state index contributed by atoms with van der Waals surface area (Å²) in [5.41, 5.74) is 0.999. The number of hydrogen-bond donors (Lipinski definition) is 1. The first kappa shape index (κ1) is 15.2. The lowest BCUT2D eigenvalue weighted by Gasteiger charge is -2.37. The molecule has 0 aromatic heterocycles. The number of aliphatic carboxylic acids is 1. The molecule has 1 amide bonds. The molecule has 1 aliphatic heterocycles. The number of nitrogens with zero attached hydrogens (tertiary/aromatic N) is 2. The molecule has 0 radical (unpaired) electrons. The van der Waals surface area contributed by atoms with Crippen LogP contribution < -0.4 is 9.64 Å². The van der Waals surface area contributed by atoms with Crippen molar-refractivity contribution in [1.29, 1.82) is 0 Å². The normalized spacial score (nSPS) is 16.5. The molecule has 2 rings (SSSR count). The van der Waals surface area contributed by atoms with Crippen LogP contribution in [0.3, 0.4) is 0 Å². The molecule has 1 aromatic carbocycles. The van der Waals surface area contributed by atoms with Crippen molar-refractivity contribution in [2.75, 3.05) is 38.2 Å². The summed E-state index contributed by atoms with van der Waals surface area (Å²) in [6.07, 6.45) is 0. The second-order valence-corrected chi connectivity index (χ2v) is 5.04. The lowest BCUT2D eigenvalue weighted by atomic mass is 10.1. The molecule has 1 aromatic rings. The minimum Gasteiger partial charge on any atom is -0.495 e. The van der Waals surface area contributed by atoms with E-state index < -0.39 is 11.9 Å². The van der Waals surface area contributed by atoms with Crippen LogP contribution in [0.1, 0.15) is 6.92 Å². The minimum atomic E-state index is -1.08. The number of hydrogen-bond acceptors (Lipinski definition) is 4. The molecule has 1 saturated heterocycles. The van der Waals surface area contributed by atoms with Crippen molar-refractivity contribution in [3.8, 4) is 5.75 Å². The van der Waals surface area contributed by atoms with E-state index in [0.29, 0.717) is 26.2 Å². The quantitative estimate of drug-likeness (QED) is 0.840. The third kappa shape index (κ3) is 3.26. The predicted octanol–water partition coefficient (Wildman–Crippen LogP) is 1.06. The average Bonchev–Trinajstić information content (AvgIpc) is 2.53. The minimum absolute atomic E-state index is 0.317. The van der Waals surface area contributed by atoms with Gasteiger partial charge in [-0.3, -0.25) is 9.59 Å². The highest BCUT2D eigenvalue weighted by Crippen LogP contribution is 2.28. The molecule has 1 aliphatic rings. The number of amides is 1. The zero-order chi connectivity index (χ0) is 15.4. The van der Waals surface area contributed by atoms with Crippen LogP contribution in [0.25, 0.3) is 0 Å². The predicted molar refractivity (Wildman–Crippen MR) is 78.6 cm³/mol. The Morgan fingerprint density at radius 1 is 1.19 bits per heavy atom. The van der Waals surface area contributed by atoms with Crippen LogP contribution in [0.15, 0.2) is 24.3 Å². The summed E-state index contributed by atoms with van der Waals surface area (Å²) >= 11 is 0. The van der Waals surface area contributed by atoms with Crippen LogP contribution in [0, 0.1) is 5.92 Å². The summed E-state index contributed by atoms with van der Waals surface area (Å²) in [6.45, 7) is 3.80. The summed E-state index contributed by atoms with van der Waals surface area (Å²) in [4.78, 5) is 26.6. The molecule has 6 heteroatoms. The van der Waals surface area contributed by atoms with Gasteiger partial charge < -0.3 is 19.6 Å². The van der Waals surface area contributed by atoms with Gasteiger partial charge in [0.05, 0.1) is 12.8 Å². The Bertz CT molecular complexity index is 524. The van der Waals surface area contributed by atoms with Gasteiger partial charge in [-0.2, -0.15) is 0 Å². The van der Waals surface area contributed by atoms with Crippen LogP contribution >= 0.6 is 0 Å². The van der Waals surface area contributed by atoms with Crippen molar-refractivity contribution in [2.45, 2.75) is 6.92 Å². The van der Waals surface area contributed by atoms with Gasteiger partial charge in [0.15, 0.2) is 0 Å². The van der Waals surface area contributed by atoms with Gasteiger partial charge in [-0.05, 0) is 19.1 Å². The summed E-state index contributed by atoms with van der Waals surface area (Å²) < 4.78 is 5.34. The third-order valence-electron chi connectivity index (χ3n) is 3.76. The second kappa shape index (κ2) is 6.47. The number of carbonyl (C=O) groups excluding carboxylic acids is 1. The first-order chi connectivity index (χ1) is 10.0. The van der Waals surface area contributed by atoms with Gasteiger partial charge in [0, 0.05) is 26.2 Å². The van der Waals surface area contributed by atoms with E-state index >= 15 is 0 Å². The topological polar surface area (TPSA) is 70.1 Å². The maximum atomic E-state index is 12.0. The number of carboxylic acids is 1. The molecular weight excluding hydrogens is 272 g/mol. The smallest absolute Gasteiger partial charge is 0.315 e. The van der Waals surface area contributed by atoms with Gasteiger partial charge in [0.25, 0.3) is 0 Å². The molecule has 1 unspecified atom stereocenters. The number of rotatable bonds is 4. The maximum Gasteiger partial charge on any atom is 0.315 e. The van der Waals surface area contributed by atoms with Gasteiger partial charge in [-0.1, -0.05) is 12.1 Å². The van der Waals surface area contributed by atoms with E-state index in [9.17, 15) is 9.59 Å². The van der Waals surface area contributed by atoms with Crippen molar-refractivity contribution >= 4 is 17.6 Å². The highest BCUT2D eigenvalue weighted by Gasteiger charge is 2.29. The van der Waals surface area contributed by atoms with E-state index in [2.05, 4.69) is 4.90 Å². The van der Waals surface area contributed by atoms with E-state index in [4.69, 9.17) is 9.84 Å². The number of benzene rings is 1. The van der Waals surface area contributed by atoms with Crippen molar-refractivity contribution in [3.63, 3.8) is 0 Å². The molecule has 1 heterocycles. The van der Waals surface area contributed by atoms with Crippen LogP contribution in [0.2, 0.25) is 0 Å². The number of ether oxygens (including phenoxy) is 1. The molecule has 0 bridgehead atoms. The first-order valence-electron chi connectivity index (χ1n) is 6.94. The van der Waals surface area contributed by atoms with Crippen LogP contribution in [0.4, 0.5) is 5.69 Å². The SMILES string of the molecule is COc1ccccc1N1CCN(C(=O)C(C)C(=O)O)CC1. The second-order valence-electron chi connectivity index (χ2n) is 5.04. The Labute approximate surface area is 123 Å². The standard InChI is InChI=1S/C15H20N2O4/c1-11(15(19)20)14(18)17-9-7-16(8-10-17)12-5-3-4-6-13(12)21-2/h3-6,11H,7-10H2,1-2H3,(H,19,20). The monoisotopic (exact) mass is 292 g/mol. The van der Waals surface area contributed by atoms with Gasteiger partial charge in [-0.15, -0.1) is 0 Å². The Kier molecular flexibility index (Phi) is 4.67. The van der Waals surface area contributed by atoms with Gasteiger partial charge in [0.1, 0.15) is 11.7 Å². The summed E-state index contributed by atoms with van der Waals surface area (Å²) in [7, 11) is 1.63. The summed E-state index contributed by atoms with van der Waals surface area (Å²) in [5, 5.41) is 8.91. The number of piperazine rings is 1. The number of carboxylic acid groups (broad SMARTS) is 1. The molecule has 21 heavy (non-hydrogen) atoms. The number of carbonyl (C=O) groups is 2. The van der Waals surface area contributed by atoms with Gasteiger partial charge >= 0.3 is 5.97 Å². The molecule has 0 saturated carbocycles. The van der Waals surface area contributed by atoms with Crippen molar-refractivity contribution in [2.24, 2.45) is 5.92 Å². The van der Waals surface area contributed by atoms with Gasteiger partial charge in [-0.25, -0.2) is 0 Å². The van der Waals surface area contributed by atoms with Crippen molar-refractivity contribution in [3.05, 3.63) is 24.3 Å². The van der Waals surface area contributed by atoms with E-state index in [0.717, 1.165) is 11.4 Å². The molecule has 1 N–H and O–H groups in total. The van der Waals surface area contributed by atoms with E-state index in [1.807, 2.05) is 24.3 Å². The number of methoxy groups -OCH3 is 1. The number of anilines is 1. The zero-order valence-electron chi connectivity index (χ0n) is 12.3. The maximum absolute atomic E-state index is 12.0. The van der Waals surface area contributed by atoms with Crippen LogP contribution in [-0.4, -0.2) is 55.2 Å².